The second kappa shape index (κ2) is 9.31. The summed E-state index contributed by atoms with van der Waals surface area (Å²) in [7, 11) is 0. The molecule has 4 rings (SSSR count). The Labute approximate surface area is 175 Å². The lowest BCUT2D eigenvalue weighted by Gasteiger charge is -2.12. The van der Waals surface area contributed by atoms with Gasteiger partial charge in [0.05, 0.1) is 0 Å². The summed E-state index contributed by atoms with van der Waals surface area (Å²) < 4.78 is 0. The highest BCUT2D eigenvalue weighted by atomic mass is 14.6. The molecule has 29 heavy (non-hydrogen) atoms. The largest absolute Gasteiger partial charge is 0.367 e. The highest BCUT2D eigenvalue weighted by Crippen LogP contribution is 2.30. The SMILES string of the molecule is CCc1c[nH]cc1CCC1=CCC=C1CCCc1cccc2cccc(CC)c12. The molecule has 1 aliphatic rings. The highest BCUT2D eigenvalue weighted by Gasteiger charge is 2.12. The van der Waals surface area contributed by atoms with Gasteiger partial charge in [0.15, 0.2) is 0 Å². The average Bonchev–Trinajstić information content (AvgIpc) is 3.40. The Kier molecular flexibility index (Phi) is 6.34. The minimum atomic E-state index is 1.10. The van der Waals surface area contributed by atoms with Crippen molar-refractivity contribution in [2.45, 2.75) is 65.2 Å². The van der Waals surface area contributed by atoms with Crippen LogP contribution in [0.3, 0.4) is 0 Å². The van der Waals surface area contributed by atoms with Crippen LogP contribution in [-0.4, -0.2) is 4.98 Å². The maximum Gasteiger partial charge on any atom is 0.00403 e. The highest BCUT2D eigenvalue weighted by molar-refractivity contribution is 5.88. The van der Waals surface area contributed by atoms with Crippen LogP contribution in [0.25, 0.3) is 10.8 Å². The molecular weight excluding hydrogens is 350 g/mol. The Balaban J connectivity index is 1.37. The molecule has 0 spiro atoms. The summed E-state index contributed by atoms with van der Waals surface area (Å²) >= 11 is 0. The van der Waals surface area contributed by atoms with Crippen LogP contribution in [0.5, 0.6) is 0 Å². The van der Waals surface area contributed by atoms with Gasteiger partial charge < -0.3 is 4.98 Å². The predicted octanol–water partition coefficient (Wildman–Crippen LogP) is 7.50. The molecule has 0 saturated carbocycles. The molecule has 1 aliphatic carbocycles. The van der Waals surface area contributed by atoms with Crippen molar-refractivity contribution in [2.75, 3.05) is 0 Å². The molecule has 1 heteroatoms. The Hall–Kier alpha value is -2.54. The van der Waals surface area contributed by atoms with Crippen molar-refractivity contribution in [3.05, 3.63) is 94.3 Å². The Morgan fingerprint density at radius 3 is 2.14 bits per heavy atom. The molecule has 150 valence electrons. The molecule has 1 N–H and O–H groups in total. The number of aryl methyl sites for hydroxylation is 4. The van der Waals surface area contributed by atoms with E-state index in [0.717, 1.165) is 32.1 Å². The number of aromatic amines is 1. The van der Waals surface area contributed by atoms with Gasteiger partial charge in [0.25, 0.3) is 0 Å². The maximum absolute atomic E-state index is 3.28. The molecular formula is C28H33N. The van der Waals surface area contributed by atoms with E-state index < -0.39 is 0 Å². The van der Waals surface area contributed by atoms with Crippen LogP contribution in [-0.2, 0) is 25.7 Å². The van der Waals surface area contributed by atoms with Crippen LogP contribution in [0.1, 0.15) is 61.8 Å². The van der Waals surface area contributed by atoms with E-state index in [1.54, 1.807) is 11.1 Å². The van der Waals surface area contributed by atoms with Gasteiger partial charge in [0.2, 0.25) is 0 Å². The summed E-state index contributed by atoms with van der Waals surface area (Å²) in [5, 5.41) is 2.88. The molecule has 2 aromatic carbocycles. The fourth-order valence-electron chi connectivity index (χ4n) is 4.86. The Morgan fingerprint density at radius 2 is 1.38 bits per heavy atom. The molecule has 0 bridgehead atoms. The van der Waals surface area contributed by atoms with E-state index in [9.17, 15) is 0 Å². The number of nitrogens with one attached hydrogen (secondary N) is 1. The summed E-state index contributed by atoms with van der Waals surface area (Å²) in [6, 6.07) is 13.5. The molecule has 0 radical (unpaired) electrons. The lowest BCUT2D eigenvalue weighted by Crippen LogP contribution is -1.96. The third kappa shape index (κ3) is 4.40. The summed E-state index contributed by atoms with van der Waals surface area (Å²) in [4.78, 5) is 3.28. The number of hydrogen-bond donors (Lipinski definition) is 1. The minimum absolute atomic E-state index is 1.10. The van der Waals surface area contributed by atoms with Gasteiger partial charge in [-0.3, -0.25) is 0 Å². The molecule has 1 nitrogen and oxygen atoms in total. The Morgan fingerprint density at radius 1 is 0.690 bits per heavy atom. The molecule has 0 atom stereocenters. The predicted molar refractivity (Wildman–Crippen MR) is 126 cm³/mol. The Bertz CT molecular complexity index is 1030. The van der Waals surface area contributed by atoms with Crippen LogP contribution in [0.4, 0.5) is 0 Å². The lowest BCUT2D eigenvalue weighted by atomic mass is 9.92. The summed E-state index contributed by atoms with van der Waals surface area (Å²) in [6.45, 7) is 4.50. The van der Waals surface area contributed by atoms with Crippen LogP contribution in [0, 0.1) is 0 Å². The van der Waals surface area contributed by atoms with E-state index in [0.29, 0.717) is 0 Å². The van der Waals surface area contributed by atoms with Crippen molar-refractivity contribution in [2.24, 2.45) is 0 Å². The fourth-order valence-corrected chi connectivity index (χ4v) is 4.86. The zero-order valence-electron chi connectivity index (χ0n) is 17.9. The van der Waals surface area contributed by atoms with Crippen molar-refractivity contribution in [1.29, 1.82) is 0 Å². The molecule has 1 heterocycles. The first-order valence-electron chi connectivity index (χ1n) is 11.3. The van der Waals surface area contributed by atoms with E-state index in [1.165, 1.54) is 52.3 Å². The average molecular weight is 384 g/mol. The van der Waals surface area contributed by atoms with Crippen molar-refractivity contribution < 1.29 is 0 Å². The summed E-state index contributed by atoms with van der Waals surface area (Å²) in [6.07, 6.45) is 18.5. The van der Waals surface area contributed by atoms with Crippen LogP contribution >= 0.6 is 0 Å². The minimum Gasteiger partial charge on any atom is -0.367 e. The third-order valence-electron chi connectivity index (χ3n) is 6.46. The van der Waals surface area contributed by atoms with Gasteiger partial charge in [-0.2, -0.15) is 0 Å². The maximum atomic E-state index is 3.28. The summed E-state index contributed by atoms with van der Waals surface area (Å²) in [5.41, 5.74) is 9.13. The number of aromatic nitrogens is 1. The van der Waals surface area contributed by atoms with Crippen LogP contribution in [0.15, 0.2) is 72.1 Å². The summed E-state index contributed by atoms with van der Waals surface area (Å²) in [5.74, 6) is 0. The van der Waals surface area contributed by atoms with Crippen LogP contribution < -0.4 is 0 Å². The van der Waals surface area contributed by atoms with Gasteiger partial charge in [-0.15, -0.1) is 0 Å². The van der Waals surface area contributed by atoms with Gasteiger partial charge >= 0.3 is 0 Å². The quantitative estimate of drug-likeness (QED) is 0.393. The van der Waals surface area contributed by atoms with Gasteiger partial charge in [-0.05, 0) is 95.5 Å². The van der Waals surface area contributed by atoms with Crippen molar-refractivity contribution in [1.82, 2.24) is 4.98 Å². The second-order valence-corrected chi connectivity index (χ2v) is 8.19. The zero-order chi connectivity index (χ0) is 20.1. The number of allylic oxidation sites excluding steroid dienone is 4. The van der Waals surface area contributed by atoms with Gasteiger partial charge in [-0.25, -0.2) is 0 Å². The molecule has 0 aliphatic heterocycles. The van der Waals surface area contributed by atoms with Crippen LogP contribution in [0.2, 0.25) is 0 Å². The third-order valence-corrected chi connectivity index (χ3v) is 6.46. The van der Waals surface area contributed by atoms with Gasteiger partial charge in [0.1, 0.15) is 0 Å². The van der Waals surface area contributed by atoms with E-state index >= 15 is 0 Å². The monoisotopic (exact) mass is 383 g/mol. The first kappa shape index (κ1) is 19.8. The number of benzene rings is 2. The molecule has 0 saturated heterocycles. The smallest absolute Gasteiger partial charge is 0.00403 e. The number of rotatable bonds is 9. The van der Waals surface area contributed by atoms with Gasteiger partial charge in [-0.1, -0.05) is 62.4 Å². The molecule has 3 aromatic rings. The molecule has 0 amide bonds. The number of fused-ring (bicyclic) bond motifs is 1. The molecule has 0 fully saturated rings. The topological polar surface area (TPSA) is 15.8 Å². The van der Waals surface area contributed by atoms with Crippen molar-refractivity contribution >= 4 is 10.8 Å². The standard InChI is InChI=1S/C28H33N/c1-3-21-9-5-13-25-15-8-16-26(28(21)25)14-7-11-23-10-6-12-24(23)17-18-27-20-29-19-22(27)4-2/h5,8-10,12-13,15-16,19-20,29H,3-4,6-7,11,14,17-18H2,1-2H3. The molecule has 1 aromatic heterocycles. The van der Waals surface area contributed by atoms with E-state index in [1.807, 2.05) is 0 Å². The number of H-pyrrole nitrogens is 1. The number of hydrogen-bond acceptors (Lipinski definition) is 0. The van der Waals surface area contributed by atoms with E-state index in [4.69, 9.17) is 0 Å². The lowest BCUT2D eigenvalue weighted by molar-refractivity contribution is 0.806. The van der Waals surface area contributed by atoms with E-state index in [-0.39, 0.29) is 0 Å². The molecule has 0 unspecified atom stereocenters. The second-order valence-electron chi connectivity index (χ2n) is 8.19. The van der Waals surface area contributed by atoms with Crippen molar-refractivity contribution in [3.8, 4) is 0 Å². The van der Waals surface area contributed by atoms with Gasteiger partial charge in [0, 0.05) is 12.4 Å². The zero-order valence-corrected chi connectivity index (χ0v) is 17.9. The first-order valence-corrected chi connectivity index (χ1v) is 11.3. The normalized spacial score (nSPS) is 13.7. The van der Waals surface area contributed by atoms with E-state index in [2.05, 4.69) is 79.8 Å². The van der Waals surface area contributed by atoms with Crippen molar-refractivity contribution in [3.63, 3.8) is 0 Å². The fraction of sp³-hybridized carbons (Fsp3) is 0.357. The first-order chi connectivity index (χ1) is 14.3.